The lowest BCUT2D eigenvalue weighted by molar-refractivity contribution is 0.0645. The Kier molecular flexibility index (Phi) is 4.65. The second-order valence-corrected chi connectivity index (χ2v) is 5.73. The van der Waals surface area contributed by atoms with Gasteiger partial charge in [-0.15, -0.1) is 0 Å². The molecule has 0 aliphatic carbocycles. The molecule has 1 aliphatic rings. The fourth-order valence-corrected chi connectivity index (χ4v) is 3.14. The minimum Gasteiger partial charge on any atom is -0.497 e. The highest BCUT2D eigenvalue weighted by Gasteiger charge is 2.34. The number of carbonyl (C=O) groups excluding carboxylic acids is 1. The maximum Gasteiger partial charge on any atom is 0.371 e. The van der Waals surface area contributed by atoms with Crippen molar-refractivity contribution in [3.05, 3.63) is 47.4 Å². The molecule has 1 unspecified atom stereocenters. The van der Waals surface area contributed by atoms with Crippen LogP contribution in [0.25, 0.3) is 0 Å². The van der Waals surface area contributed by atoms with Crippen molar-refractivity contribution in [2.45, 2.75) is 18.9 Å². The Morgan fingerprint density at radius 3 is 2.56 bits per heavy atom. The number of methoxy groups -OCH3 is 2. The van der Waals surface area contributed by atoms with Gasteiger partial charge < -0.3 is 23.9 Å². The smallest absolute Gasteiger partial charge is 0.371 e. The highest BCUT2D eigenvalue weighted by molar-refractivity contribution is 5.94. The van der Waals surface area contributed by atoms with Crippen LogP contribution in [-0.4, -0.2) is 42.6 Å². The van der Waals surface area contributed by atoms with Crippen molar-refractivity contribution < 1.29 is 28.6 Å². The zero-order valence-electron chi connectivity index (χ0n) is 14.0. The summed E-state index contributed by atoms with van der Waals surface area (Å²) in [6.07, 6.45) is 1.64. The van der Waals surface area contributed by atoms with Crippen LogP contribution >= 0.6 is 0 Å². The average Bonchev–Trinajstić information content (AvgIpc) is 3.30. The molecule has 0 bridgehead atoms. The van der Waals surface area contributed by atoms with Gasteiger partial charge in [-0.3, -0.25) is 4.79 Å². The molecule has 25 heavy (non-hydrogen) atoms. The predicted molar refractivity (Wildman–Crippen MR) is 88.2 cm³/mol. The van der Waals surface area contributed by atoms with E-state index in [1.165, 1.54) is 12.1 Å². The molecule has 1 aromatic heterocycles. The Morgan fingerprint density at radius 1 is 1.16 bits per heavy atom. The van der Waals surface area contributed by atoms with Crippen LogP contribution in [0.15, 0.2) is 34.7 Å². The molecule has 2 heterocycles. The van der Waals surface area contributed by atoms with Gasteiger partial charge in [0.2, 0.25) is 5.76 Å². The molecule has 1 amide bonds. The first-order valence-corrected chi connectivity index (χ1v) is 7.91. The first-order valence-electron chi connectivity index (χ1n) is 7.91. The maximum absolute atomic E-state index is 12.8. The summed E-state index contributed by atoms with van der Waals surface area (Å²) in [4.78, 5) is 25.4. The normalized spacial score (nSPS) is 16.7. The zero-order chi connectivity index (χ0) is 18.0. The Bertz CT molecular complexity index is 797. The van der Waals surface area contributed by atoms with E-state index >= 15 is 0 Å². The van der Waals surface area contributed by atoms with Crippen LogP contribution in [0.5, 0.6) is 11.5 Å². The Morgan fingerprint density at radius 2 is 1.92 bits per heavy atom. The number of carboxylic acids is 1. The van der Waals surface area contributed by atoms with Gasteiger partial charge in [-0.2, -0.15) is 0 Å². The third-order valence-corrected chi connectivity index (χ3v) is 4.34. The number of amides is 1. The van der Waals surface area contributed by atoms with E-state index in [2.05, 4.69) is 0 Å². The van der Waals surface area contributed by atoms with E-state index in [0.29, 0.717) is 18.0 Å². The topological polar surface area (TPSA) is 89.2 Å². The fraction of sp³-hybridized carbons (Fsp3) is 0.333. The van der Waals surface area contributed by atoms with Crippen molar-refractivity contribution in [2.24, 2.45) is 0 Å². The molecule has 1 aliphatic heterocycles. The third kappa shape index (κ3) is 3.17. The molecule has 3 rings (SSSR count). The maximum atomic E-state index is 12.8. The number of hydrogen-bond donors (Lipinski definition) is 1. The summed E-state index contributed by atoms with van der Waals surface area (Å²) in [7, 11) is 3.15. The monoisotopic (exact) mass is 345 g/mol. The van der Waals surface area contributed by atoms with Gasteiger partial charge in [0.25, 0.3) is 5.91 Å². The van der Waals surface area contributed by atoms with Gasteiger partial charge in [-0.05, 0) is 37.1 Å². The van der Waals surface area contributed by atoms with Crippen molar-refractivity contribution in [2.75, 3.05) is 20.8 Å². The van der Waals surface area contributed by atoms with Gasteiger partial charge in [0.05, 0.1) is 20.3 Å². The molecule has 0 saturated carbocycles. The van der Waals surface area contributed by atoms with E-state index in [-0.39, 0.29) is 23.5 Å². The molecular formula is C18H19NO6. The quantitative estimate of drug-likeness (QED) is 0.896. The highest BCUT2D eigenvalue weighted by atomic mass is 16.5. The van der Waals surface area contributed by atoms with Gasteiger partial charge >= 0.3 is 5.97 Å². The van der Waals surface area contributed by atoms with E-state index in [0.717, 1.165) is 18.4 Å². The van der Waals surface area contributed by atoms with Gasteiger partial charge in [0.1, 0.15) is 11.5 Å². The van der Waals surface area contributed by atoms with Gasteiger partial charge in [0, 0.05) is 18.2 Å². The molecule has 1 aromatic carbocycles. The van der Waals surface area contributed by atoms with Crippen molar-refractivity contribution in [1.29, 1.82) is 0 Å². The molecule has 1 N–H and O–H groups in total. The van der Waals surface area contributed by atoms with Gasteiger partial charge in [-0.1, -0.05) is 0 Å². The summed E-state index contributed by atoms with van der Waals surface area (Å²) in [6.45, 7) is 0.571. The highest BCUT2D eigenvalue weighted by Crippen LogP contribution is 2.39. The summed E-state index contributed by atoms with van der Waals surface area (Å²) in [5.74, 6) is -0.428. The Labute approximate surface area is 144 Å². The molecule has 0 radical (unpaired) electrons. The molecule has 1 fully saturated rings. The van der Waals surface area contributed by atoms with Crippen molar-refractivity contribution >= 4 is 11.9 Å². The average molecular weight is 345 g/mol. The van der Waals surface area contributed by atoms with Gasteiger partial charge in [-0.25, -0.2) is 4.79 Å². The lowest BCUT2D eigenvalue weighted by Gasteiger charge is -2.25. The molecular weight excluding hydrogens is 326 g/mol. The minimum atomic E-state index is -1.20. The second-order valence-electron chi connectivity index (χ2n) is 5.73. The van der Waals surface area contributed by atoms with E-state index in [9.17, 15) is 9.59 Å². The number of benzene rings is 1. The number of hydrogen-bond acceptors (Lipinski definition) is 5. The lowest BCUT2D eigenvalue weighted by atomic mass is 10.0. The predicted octanol–water partition coefficient (Wildman–Crippen LogP) is 2.97. The summed E-state index contributed by atoms with van der Waals surface area (Å²) in [5, 5.41) is 8.95. The Balaban J connectivity index is 1.89. The van der Waals surface area contributed by atoms with E-state index in [1.807, 2.05) is 12.1 Å². The summed E-state index contributed by atoms with van der Waals surface area (Å²) in [5.41, 5.74) is 0.888. The van der Waals surface area contributed by atoms with Gasteiger partial charge in [0.15, 0.2) is 5.76 Å². The van der Waals surface area contributed by atoms with Crippen LogP contribution < -0.4 is 9.47 Å². The van der Waals surface area contributed by atoms with Crippen molar-refractivity contribution in [3.8, 4) is 11.5 Å². The summed E-state index contributed by atoms with van der Waals surface area (Å²) >= 11 is 0. The number of furan rings is 1. The summed E-state index contributed by atoms with van der Waals surface area (Å²) < 4.78 is 15.8. The standard InChI is InChI=1S/C18H19NO6/c1-23-11-5-6-12(16(10-11)24-2)13-4-3-9-19(13)17(20)14-7-8-15(25-14)18(21)22/h5-8,10,13H,3-4,9H2,1-2H3,(H,21,22). The number of nitrogens with zero attached hydrogens (tertiary/aromatic N) is 1. The summed E-state index contributed by atoms with van der Waals surface area (Å²) in [6, 6.07) is 8.02. The van der Waals surface area contributed by atoms with E-state index < -0.39 is 5.97 Å². The van der Waals surface area contributed by atoms with E-state index in [1.54, 1.807) is 25.2 Å². The first kappa shape index (κ1) is 16.9. The van der Waals surface area contributed by atoms with E-state index in [4.69, 9.17) is 19.0 Å². The first-order chi connectivity index (χ1) is 12.0. The molecule has 7 heteroatoms. The largest absolute Gasteiger partial charge is 0.497 e. The fourth-order valence-electron chi connectivity index (χ4n) is 3.14. The molecule has 0 spiro atoms. The number of carboxylic acid groups (broad SMARTS) is 1. The SMILES string of the molecule is COc1ccc(C2CCCN2C(=O)c2ccc(C(=O)O)o2)c(OC)c1. The van der Waals surface area contributed by atoms with Crippen LogP contribution in [0.1, 0.15) is 45.6 Å². The number of ether oxygens (including phenoxy) is 2. The number of likely N-dealkylation sites (tertiary alicyclic amines) is 1. The van der Waals surface area contributed by atoms with Crippen LogP contribution in [0.3, 0.4) is 0 Å². The third-order valence-electron chi connectivity index (χ3n) is 4.34. The zero-order valence-corrected chi connectivity index (χ0v) is 14.0. The number of carbonyl (C=O) groups is 2. The van der Waals surface area contributed by atoms with Crippen LogP contribution in [0.2, 0.25) is 0 Å². The second kappa shape index (κ2) is 6.88. The number of aromatic carboxylic acids is 1. The van der Waals surface area contributed by atoms with Crippen molar-refractivity contribution in [3.63, 3.8) is 0 Å². The molecule has 7 nitrogen and oxygen atoms in total. The molecule has 132 valence electrons. The molecule has 1 saturated heterocycles. The number of rotatable bonds is 5. The van der Waals surface area contributed by atoms with Crippen LogP contribution in [-0.2, 0) is 0 Å². The Hall–Kier alpha value is -2.96. The van der Waals surface area contributed by atoms with Crippen molar-refractivity contribution in [1.82, 2.24) is 4.90 Å². The lowest BCUT2D eigenvalue weighted by Crippen LogP contribution is -2.30. The van der Waals surface area contributed by atoms with Crippen LogP contribution in [0, 0.1) is 0 Å². The molecule has 2 aromatic rings. The minimum absolute atomic E-state index is 0.0248. The van der Waals surface area contributed by atoms with Crippen LogP contribution in [0.4, 0.5) is 0 Å². The molecule has 1 atom stereocenters.